The van der Waals surface area contributed by atoms with Crippen molar-refractivity contribution in [2.75, 3.05) is 31.7 Å². The van der Waals surface area contributed by atoms with Crippen LogP contribution in [0.15, 0.2) is 4.42 Å². The molecule has 18 heavy (non-hydrogen) atoms. The molecule has 102 valence electrons. The Labute approximate surface area is 108 Å². The molecule has 1 fully saturated rings. The second-order valence-corrected chi connectivity index (χ2v) is 5.22. The molecule has 1 N–H and O–H groups in total. The summed E-state index contributed by atoms with van der Waals surface area (Å²) in [5.41, 5.74) is 0.118. The van der Waals surface area contributed by atoms with Crippen LogP contribution in [0.2, 0.25) is 0 Å². The maximum atomic E-state index is 5.68. The first kappa shape index (κ1) is 13.3. The number of anilines is 1. The van der Waals surface area contributed by atoms with Crippen LogP contribution in [0.3, 0.4) is 0 Å². The topological polar surface area (TPSA) is 63.4 Å². The molecular formula is C12H22N4O2. The molecule has 1 saturated heterocycles. The van der Waals surface area contributed by atoms with Gasteiger partial charge in [0.05, 0.1) is 13.2 Å². The predicted octanol–water partition coefficient (Wildman–Crippen LogP) is 1.18. The zero-order valence-corrected chi connectivity index (χ0v) is 11.4. The summed E-state index contributed by atoms with van der Waals surface area (Å²) in [6.07, 6.45) is 2.34. The highest BCUT2D eigenvalue weighted by atomic mass is 16.5. The summed E-state index contributed by atoms with van der Waals surface area (Å²) in [4.78, 5) is 2.19. The van der Waals surface area contributed by atoms with Crippen LogP contribution in [-0.4, -0.2) is 42.5 Å². The zero-order chi connectivity index (χ0) is 13.0. The molecule has 0 amide bonds. The molecule has 1 aliphatic rings. The lowest BCUT2D eigenvalue weighted by Gasteiger charge is -2.29. The van der Waals surface area contributed by atoms with Gasteiger partial charge < -0.3 is 19.4 Å². The van der Waals surface area contributed by atoms with Gasteiger partial charge in [0, 0.05) is 25.7 Å². The predicted molar refractivity (Wildman–Crippen MR) is 68.5 cm³/mol. The third kappa shape index (κ3) is 3.00. The fourth-order valence-corrected chi connectivity index (χ4v) is 2.26. The van der Waals surface area contributed by atoms with Crippen LogP contribution >= 0.6 is 0 Å². The number of aromatic nitrogens is 2. The summed E-state index contributed by atoms with van der Waals surface area (Å²) in [6, 6.07) is 0.640. The van der Waals surface area contributed by atoms with Crippen molar-refractivity contribution in [1.29, 1.82) is 0 Å². The fourth-order valence-electron chi connectivity index (χ4n) is 2.26. The van der Waals surface area contributed by atoms with Crippen molar-refractivity contribution in [3.8, 4) is 0 Å². The molecule has 0 saturated carbocycles. The van der Waals surface area contributed by atoms with Crippen molar-refractivity contribution >= 4 is 6.01 Å². The highest BCUT2D eigenvalue weighted by Gasteiger charge is 2.35. The number of ether oxygens (including phenoxy) is 1. The van der Waals surface area contributed by atoms with E-state index in [9.17, 15) is 0 Å². The number of rotatable bonds is 6. The monoisotopic (exact) mass is 254 g/mol. The van der Waals surface area contributed by atoms with E-state index in [1.165, 1.54) is 6.42 Å². The summed E-state index contributed by atoms with van der Waals surface area (Å²) < 4.78 is 10.6. The van der Waals surface area contributed by atoms with E-state index in [1.807, 2.05) is 0 Å². The van der Waals surface area contributed by atoms with E-state index in [0.717, 1.165) is 19.5 Å². The van der Waals surface area contributed by atoms with Gasteiger partial charge in [-0.15, -0.1) is 5.10 Å². The standard InChI is InChI=1S/C12H22N4O2/c1-12(2)5-4-7-16(12)11-15-14-10(18-11)9-13-6-8-17-3/h13H,4-9H2,1-3H3. The van der Waals surface area contributed by atoms with Crippen LogP contribution in [0.4, 0.5) is 6.01 Å². The molecule has 2 rings (SSSR count). The Kier molecular flexibility index (Phi) is 4.19. The highest BCUT2D eigenvalue weighted by molar-refractivity contribution is 5.32. The van der Waals surface area contributed by atoms with Crippen molar-refractivity contribution in [3.05, 3.63) is 5.89 Å². The lowest BCUT2D eigenvalue weighted by molar-refractivity contribution is 0.198. The minimum atomic E-state index is 0.118. The second kappa shape index (κ2) is 5.67. The van der Waals surface area contributed by atoms with E-state index in [-0.39, 0.29) is 5.54 Å². The van der Waals surface area contributed by atoms with E-state index in [0.29, 0.717) is 25.1 Å². The first-order chi connectivity index (χ1) is 8.63. The summed E-state index contributed by atoms with van der Waals surface area (Å²) >= 11 is 0. The Bertz CT molecular complexity index is 378. The number of hydrogen-bond acceptors (Lipinski definition) is 6. The Balaban J connectivity index is 1.90. The third-order valence-corrected chi connectivity index (χ3v) is 3.35. The van der Waals surface area contributed by atoms with Crippen molar-refractivity contribution < 1.29 is 9.15 Å². The number of methoxy groups -OCH3 is 1. The van der Waals surface area contributed by atoms with Gasteiger partial charge in [-0.25, -0.2) is 0 Å². The molecule has 0 unspecified atom stereocenters. The van der Waals surface area contributed by atoms with Gasteiger partial charge in [0.1, 0.15) is 0 Å². The maximum Gasteiger partial charge on any atom is 0.318 e. The van der Waals surface area contributed by atoms with Gasteiger partial charge in [-0.2, -0.15) is 0 Å². The van der Waals surface area contributed by atoms with Gasteiger partial charge in [-0.05, 0) is 26.7 Å². The molecule has 1 aromatic heterocycles. The molecular weight excluding hydrogens is 232 g/mol. The Morgan fingerprint density at radius 3 is 2.94 bits per heavy atom. The van der Waals surface area contributed by atoms with E-state index < -0.39 is 0 Å². The number of hydrogen-bond donors (Lipinski definition) is 1. The Morgan fingerprint density at radius 1 is 1.44 bits per heavy atom. The molecule has 2 heterocycles. The fraction of sp³-hybridized carbons (Fsp3) is 0.833. The molecule has 1 aliphatic heterocycles. The largest absolute Gasteiger partial charge is 0.407 e. The molecule has 0 aromatic carbocycles. The number of nitrogens with one attached hydrogen (secondary N) is 1. The van der Waals surface area contributed by atoms with Gasteiger partial charge >= 0.3 is 6.01 Å². The molecule has 0 spiro atoms. The van der Waals surface area contributed by atoms with Crippen molar-refractivity contribution in [2.24, 2.45) is 0 Å². The number of nitrogens with zero attached hydrogens (tertiary/aromatic N) is 3. The first-order valence-corrected chi connectivity index (χ1v) is 6.43. The zero-order valence-electron chi connectivity index (χ0n) is 11.4. The highest BCUT2D eigenvalue weighted by Crippen LogP contribution is 2.32. The van der Waals surface area contributed by atoms with Crippen LogP contribution in [0, 0.1) is 0 Å². The third-order valence-electron chi connectivity index (χ3n) is 3.35. The molecule has 6 heteroatoms. The minimum Gasteiger partial charge on any atom is -0.407 e. The average Bonchev–Trinajstić information content (AvgIpc) is 2.90. The molecule has 6 nitrogen and oxygen atoms in total. The Morgan fingerprint density at radius 2 is 2.28 bits per heavy atom. The van der Waals surface area contributed by atoms with Crippen molar-refractivity contribution in [1.82, 2.24) is 15.5 Å². The summed E-state index contributed by atoms with van der Waals surface area (Å²) in [5, 5.41) is 11.4. The van der Waals surface area contributed by atoms with Crippen LogP contribution in [0.5, 0.6) is 0 Å². The van der Waals surface area contributed by atoms with Gasteiger partial charge in [0.2, 0.25) is 5.89 Å². The van der Waals surface area contributed by atoms with E-state index in [2.05, 4.69) is 34.3 Å². The molecule has 0 bridgehead atoms. The van der Waals surface area contributed by atoms with E-state index in [4.69, 9.17) is 9.15 Å². The smallest absolute Gasteiger partial charge is 0.318 e. The quantitative estimate of drug-likeness (QED) is 0.769. The molecule has 0 atom stereocenters. The van der Waals surface area contributed by atoms with Crippen LogP contribution < -0.4 is 10.2 Å². The van der Waals surface area contributed by atoms with Gasteiger partial charge in [-0.3, -0.25) is 0 Å². The average molecular weight is 254 g/mol. The van der Waals surface area contributed by atoms with E-state index in [1.54, 1.807) is 7.11 Å². The van der Waals surface area contributed by atoms with Gasteiger partial charge in [-0.1, -0.05) is 5.10 Å². The van der Waals surface area contributed by atoms with Crippen molar-refractivity contribution in [2.45, 2.75) is 38.8 Å². The van der Waals surface area contributed by atoms with Crippen LogP contribution in [-0.2, 0) is 11.3 Å². The molecule has 0 aliphatic carbocycles. The lowest BCUT2D eigenvalue weighted by atomic mass is 10.0. The van der Waals surface area contributed by atoms with Crippen molar-refractivity contribution in [3.63, 3.8) is 0 Å². The summed E-state index contributed by atoms with van der Waals surface area (Å²) in [6.45, 7) is 7.46. The van der Waals surface area contributed by atoms with E-state index >= 15 is 0 Å². The van der Waals surface area contributed by atoms with Gasteiger partial charge in [0.15, 0.2) is 0 Å². The molecule has 0 radical (unpaired) electrons. The normalized spacial score (nSPS) is 18.5. The SMILES string of the molecule is COCCNCc1nnc(N2CCCC2(C)C)o1. The maximum absolute atomic E-state index is 5.68. The summed E-state index contributed by atoms with van der Waals surface area (Å²) in [7, 11) is 1.68. The molecule has 1 aromatic rings. The first-order valence-electron chi connectivity index (χ1n) is 6.43. The lowest BCUT2D eigenvalue weighted by Crippen LogP contribution is -2.38. The van der Waals surface area contributed by atoms with Gasteiger partial charge in [0.25, 0.3) is 0 Å². The van der Waals surface area contributed by atoms with Crippen LogP contribution in [0.1, 0.15) is 32.6 Å². The van der Waals surface area contributed by atoms with Crippen LogP contribution in [0.25, 0.3) is 0 Å². The second-order valence-electron chi connectivity index (χ2n) is 5.22. The minimum absolute atomic E-state index is 0.118. The Hall–Kier alpha value is -1.14. The summed E-state index contributed by atoms with van der Waals surface area (Å²) in [5.74, 6) is 0.629.